The highest BCUT2D eigenvalue weighted by Crippen LogP contribution is 2.30. The highest BCUT2D eigenvalue weighted by atomic mass is 19.1. The number of halogens is 1. The largest absolute Gasteiger partial charge is 0.456 e. The first-order valence-electron chi connectivity index (χ1n) is 18.2. The summed E-state index contributed by atoms with van der Waals surface area (Å²) in [7, 11) is 0. The van der Waals surface area contributed by atoms with E-state index in [-0.39, 0.29) is 58.3 Å². The van der Waals surface area contributed by atoms with Crippen LogP contribution in [-0.4, -0.2) is 79.7 Å². The number of aliphatic hydroxyl groups is 1. The van der Waals surface area contributed by atoms with Crippen molar-refractivity contribution in [3.05, 3.63) is 144 Å². The molecule has 1 heterocycles. The van der Waals surface area contributed by atoms with Crippen molar-refractivity contribution in [1.29, 1.82) is 0 Å². The SMILES string of the molecule is CC(=O)CCC(=O)OC1C(F)[C@H](OCC(OCc2ccccc2)C(OCc2ccccc2)C(CO)OCc2ccccc2)O[C@@H]1COCc1ccccc1. The molecule has 0 radical (unpaired) electrons. The normalized spacial score (nSPS) is 19.9. The molecular formula is C43H49FO10. The van der Waals surface area contributed by atoms with Crippen LogP contribution >= 0.6 is 0 Å². The van der Waals surface area contributed by atoms with Crippen LogP contribution < -0.4 is 0 Å². The summed E-state index contributed by atoms with van der Waals surface area (Å²) in [5, 5.41) is 10.7. The zero-order valence-corrected chi connectivity index (χ0v) is 30.5. The maximum Gasteiger partial charge on any atom is 0.306 e. The van der Waals surface area contributed by atoms with Gasteiger partial charge < -0.3 is 43.1 Å². The van der Waals surface area contributed by atoms with Crippen molar-refractivity contribution in [2.45, 2.75) is 89.2 Å². The van der Waals surface area contributed by atoms with Gasteiger partial charge in [0.15, 0.2) is 18.6 Å². The number of ketones is 1. The molecule has 0 aliphatic carbocycles. The summed E-state index contributed by atoms with van der Waals surface area (Å²) in [5.74, 6) is -0.912. The number of rotatable bonds is 23. The number of benzene rings is 4. The van der Waals surface area contributed by atoms with Crippen LogP contribution in [0.4, 0.5) is 4.39 Å². The molecule has 0 saturated carbocycles. The second kappa shape index (κ2) is 22.1. The molecule has 0 bridgehead atoms. The highest BCUT2D eigenvalue weighted by Gasteiger charge is 2.49. The van der Waals surface area contributed by atoms with E-state index in [0.717, 1.165) is 22.3 Å². The molecule has 1 aliphatic rings. The molecule has 10 nitrogen and oxygen atoms in total. The van der Waals surface area contributed by atoms with Crippen LogP contribution in [0, 0.1) is 0 Å². The van der Waals surface area contributed by atoms with Gasteiger partial charge in [-0.05, 0) is 29.2 Å². The van der Waals surface area contributed by atoms with Crippen molar-refractivity contribution in [2.24, 2.45) is 0 Å². The van der Waals surface area contributed by atoms with Crippen molar-refractivity contribution in [1.82, 2.24) is 0 Å². The fourth-order valence-corrected chi connectivity index (χ4v) is 5.90. The first-order valence-corrected chi connectivity index (χ1v) is 18.2. The van der Waals surface area contributed by atoms with Gasteiger partial charge in [0.1, 0.15) is 30.2 Å². The smallest absolute Gasteiger partial charge is 0.306 e. The summed E-state index contributed by atoms with van der Waals surface area (Å²) in [6, 6.07) is 38.1. The van der Waals surface area contributed by atoms with Crippen molar-refractivity contribution in [3.63, 3.8) is 0 Å². The van der Waals surface area contributed by atoms with Gasteiger partial charge in [-0.1, -0.05) is 121 Å². The Hall–Kier alpha value is -4.33. The molecule has 1 saturated heterocycles. The molecule has 4 aromatic rings. The van der Waals surface area contributed by atoms with Gasteiger partial charge in [0.25, 0.3) is 0 Å². The Balaban J connectivity index is 1.34. The number of aliphatic hydroxyl groups excluding tert-OH is 1. The summed E-state index contributed by atoms with van der Waals surface area (Å²) in [4.78, 5) is 24.2. The van der Waals surface area contributed by atoms with E-state index in [1.54, 1.807) is 0 Å². The summed E-state index contributed by atoms with van der Waals surface area (Å²) in [6.07, 6.45) is -8.55. The van der Waals surface area contributed by atoms with Crippen molar-refractivity contribution in [2.75, 3.05) is 19.8 Å². The van der Waals surface area contributed by atoms with Gasteiger partial charge in [0, 0.05) is 6.42 Å². The zero-order chi connectivity index (χ0) is 38.0. The molecule has 4 aromatic carbocycles. The summed E-state index contributed by atoms with van der Waals surface area (Å²) >= 11 is 0. The average molecular weight is 745 g/mol. The first kappa shape index (κ1) is 40.8. The Morgan fingerprint density at radius 1 is 0.685 bits per heavy atom. The van der Waals surface area contributed by atoms with Gasteiger partial charge in [-0.3, -0.25) is 4.79 Å². The predicted octanol–water partition coefficient (Wildman–Crippen LogP) is 6.31. The number of esters is 1. The molecule has 1 aliphatic heterocycles. The maximum atomic E-state index is 16.2. The van der Waals surface area contributed by atoms with Crippen molar-refractivity contribution < 1.29 is 52.2 Å². The van der Waals surface area contributed by atoms with Crippen molar-refractivity contribution >= 4 is 11.8 Å². The minimum atomic E-state index is -1.89. The van der Waals surface area contributed by atoms with Crippen molar-refractivity contribution in [3.8, 4) is 0 Å². The molecule has 11 heteroatoms. The highest BCUT2D eigenvalue weighted by molar-refractivity contribution is 5.81. The molecule has 7 atom stereocenters. The number of hydrogen-bond donors (Lipinski definition) is 1. The lowest BCUT2D eigenvalue weighted by molar-refractivity contribution is -0.212. The van der Waals surface area contributed by atoms with Gasteiger partial charge in [-0.15, -0.1) is 0 Å². The van der Waals surface area contributed by atoms with Crippen LogP contribution in [0.3, 0.4) is 0 Å². The zero-order valence-electron chi connectivity index (χ0n) is 30.5. The molecule has 5 rings (SSSR count). The first-order chi connectivity index (χ1) is 26.4. The number of alkyl halides is 1. The van der Waals surface area contributed by atoms with E-state index in [9.17, 15) is 14.7 Å². The maximum absolute atomic E-state index is 16.2. The average Bonchev–Trinajstić information content (AvgIpc) is 3.49. The van der Waals surface area contributed by atoms with Gasteiger partial charge in [0.05, 0.1) is 52.7 Å². The van der Waals surface area contributed by atoms with Crippen LogP contribution in [0.2, 0.25) is 0 Å². The van der Waals surface area contributed by atoms with E-state index in [0.29, 0.717) is 0 Å². The number of hydrogen-bond acceptors (Lipinski definition) is 10. The molecular weight excluding hydrogens is 695 g/mol. The molecule has 5 unspecified atom stereocenters. The van der Waals surface area contributed by atoms with Crippen LogP contribution in [-0.2, 0) is 69.2 Å². The van der Waals surface area contributed by atoms with E-state index in [1.165, 1.54) is 6.92 Å². The summed E-state index contributed by atoms with van der Waals surface area (Å²) in [6.45, 7) is 1.41. The Morgan fingerprint density at radius 3 is 1.67 bits per heavy atom. The van der Waals surface area contributed by atoms with Gasteiger partial charge in [-0.25, -0.2) is 4.39 Å². The number of ether oxygens (including phenoxy) is 7. The fourth-order valence-electron chi connectivity index (χ4n) is 5.90. The molecule has 54 heavy (non-hydrogen) atoms. The van der Waals surface area contributed by atoms with E-state index < -0.39 is 55.6 Å². The molecule has 0 aromatic heterocycles. The Bertz CT molecular complexity index is 1650. The standard InChI is InChI=1S/C43H49FO10/c1-31(46)22-23-39(47)54-42-38(29-48-25-32-14-6-2-7-15-32)53-43(40(42)44)52-30-37(50-27-34-18-10-4-11-19-34)41(51-28-35-20-12-5-13-21-35)36(24-45)49-26-33-16-8-3-9-17-33/h2-21,36-38,40-43,45H,22-30H2,1H3/t36?,37?,38-,40?,41?,42?,43-/m1/s1. The topological polar surface area (TPSA) is 119 Å². The van der Waals surface area contributed by atoms with E-state index >= 15 is 4.39 Å². The molecule has 0 spiro atoms. The van der Waals surface area contributed by atoms with Crippen LogP contribution in [0.5, 0.6) is 0 Å². The second-order valence-electron chi connectivity index (χ2n) is 13.1. The molecule has 288 valence electrons. The number of Topliss-reactive ketones (excluding diaryl/α,β-unsaturated/α-hetero) is 1. The Labute approximate surface area is 316 Å². The van der Waals surface area contributed by atoms with E-state index in [2.05, 4.69) is 0 Å². The third-order valence-electron chi connectivity index (χ3n) is 8.83. The number of carbonyl (C=O) groups excluding carboxylic acids is 2. The van der Waals surface area contributed by atoms with Gasteiger partial charge in [0.2, 0.25) is 0 Å². The number of carbonyl (C=O) groups is 2. The predicted molar refractivity (Wildman–Crippen MR) is 198 cm³/mol. The lowest BCUT2D eigenvalue weighted by Crippen LogP contribution is -2.47. The minimum absolute atomic E-state index is 0.0262. The monoisotopic (exact) mass is 744 g/mol. The van der Waals surface area contributed by atoms with Gasteiger partial charge >= 0.3 is 5.97 Å². The molecule has 1 N–H and O–H groups in total. The summed E-state index contributed by atoms with van der Waals surface area (Å²) in [5.41, 5.74) is 3.58. The molecule has 0 amide bonds. The lowest BCUT2D eigenvalue weighted by Gasteiger charge is -2.33. The Morgan fingerprint density at radius 2 is 1.17 bits per heavy atom. The van der Waals surface area contributed by atoms with E-state index in [1.807, 2.05) is 121 Å². The fraction of sp³-hybridized carbons (Fsp3) is 0.395. The Kier molecular flexibility index (Phi) is 16.8. The van der Waals surface area contributed by atoms with Crippen LogP contribution in [0.1, 0.15) is 42.0 Å². The summed E-state index contributed by atoms with van der Waals surface area (Å²) < 4.78 is 58.9. The van der Waals surface area contributed by atoms with Gasteiger partial charge in [-0.2, -0.15) is 0 Å². The van der Waals surface area contributed by atoms with E-state index in [4.69, 9.17) is 33.2 Å². The minimum Gasteiger partial charge on any atom is -0.456 e. The third-order valence-corrected chi connectivity index (χ3v) is 8.83. The third kappa shape index (κ3) is 13.2. The van der Waals surface area contributed by atoms with Crippen LogP contribution in [0.25, 0.3) is 0 Å². The molecule has 1 fully saturated rings. The lowest BCUT2D eigenvalue weighted by atomic mass is 10.1. The quantitative estimate of drug-likeness (QED) is 0.0866. The second-order valence-corrected chi connectivity index (χ2v) is 13.1. The van der Waals surface area contributed by atoms with Crippen LogP contribution in [0.15, 0.2) is 121 Å².